The lowest BCUT2D eigenvalue weighted by Gasteiger charge is -2.01. The number of nitrogens with one attached hydrogen (secondary N) is 1. The first kappa shape index (κ1) is 11.5. The van der Waals surface area contributed by atoms with Gasteiger partial charge >= 0.3 is 0 Å². The highest BCUT2D eigenvalue weighted by Gasteiger charge is 2.19. The molecule has 2 aromatic rings. The smallest absolute Gasteiger partial charge is 0.200 e. The fraction of sp³-hybridized carbons (Fsp3) is 0.154. The van der Waals surface area contributed by atoms with E-state index in [1.54, 1.807) is 6.07 Å². The molecule has 4 heteroatoms. The Bertz CT molecular complexity index is 540. The van der Waals surface area contributed by atoms with Crippen LogP contribution in [-0.2, 0) is 6.42 Å². The van der Waals surface area contributed by atoms with Crippen LogP contribution in [0.15, 0.2) is 30.5 Å². The van der Waals surface area contributed by atoms with E-state index in [1.165, 1.54) is 12.3 Å². The van der Waals surface area contributed by atoms with Crippen LogP contribution < -0.4 is 0 Å². The van der Waals surface area contributed by atoms with Gasteiger partial charge in [0.25, 0.3) is 0 Å². The first-order valence-electron chi connectivity index (χ1n) is 5.29. The van der Waals surface area contributed by atoms with E-state index in [2.05, 4.69) is 4.98 Å². The lowest BCUT2D eigenvalue weighted by Crippen LogP contribution is -2.06. The summed E-state index contributed by atoms with van der Waals surface area (Å²) in [6.45, 7) is 1.92. The Hall–Kier alpha value is -1.97. The van der Waals surface area contributed by atoms with Gasteiger partial charge in [0, 0.05) is 17.5 Å². The van der Waals surface area contributed by atoms with Gasteiger partial charge in [0.05, 0.1) is 5.56 Å². The van der Waals surface area contributed by atoms with Crippen LogP contribution in [0, 0.1) is 11.6 Å². The van der Waals surface area contributed by atoms with E-state index in [4.69, 9.17) is 0 Å². The molecule has 2 nitrogen and oxygen atoms in total. The summed E-state index contributed by atoms with van der Waals surface area (Å²) in [7, 11) is 0. The monoisotopic (exact) mass is 235 g/mol. The molecule has 0 spiro atoms. The molecule has 88 valence electrons. The van der Waals surface area contributed by atoms with Crippen molar-refractivity contribution in [2.24, 2.45) is 0 Å². The fourth-order valence-corrected chi connectivity index (χ4v) is 1.64. The van der Waals surface area contributed by atoms with Crippen molar-refractivity contribution in [2.75, 3.05) is 0 Å². The molecule has 1 aromatic heterocycles. The molecule has 0 radical (unpaired) electrons. The molecule has 17 heavy (non-hydrogen) atoms. The number of benzene rings is 1. The zero-order valence-corrected chi connectivity index (χ0v) is 9.26. The van der Waals surface area contributed by atoms with E-state index in [0.29, 0.717) is 0 Å². The Kier molecular flexibility index (Phi) is 3.04. The van der Waals surface area contributed by atoms with E-state index in [-0.39, 0.29) is 5.56 Å². The van der Waals surface area contributed by atoms with E-state index in [9.17, 15) is 13.6 Å². The molecule has 0 saturated heterocycles. The normalized spacial score (nSPS) is 10.5. The highest BCUT2D eigenvalue weighted by atomic mass is 19.1. The van der Waals surface area contributed by atoms with Gasteiger partial charge in [0.15, 0.2) is 5.78 Å². The minimum atomic E-state index is -0.839. The van der Waals surface area contributed by atoms with Crippen LogP contribution in [0.4, 0.5) is 8.78 Å². The number of aryl methyl sites for hydroxylation is 1. The van der Waals surface area contributed by atoms with Crippen LogP contribution in [-0.4, -0.2) is 10.8 Å². The summed E-state index contributed by atoms with van der Waals surface area (Å²) >= 11 is 0. The third-order valence-corrected chi connectivity index (χ3v) is 2.58. The van der Waals surface area contributed by atoms with Crippen LogP contribution in [0.5, 0.6) is 0 Å². The minimum Gasteiger partial charge on any atom is -0.364 e. The Morgan fingerprint density at radius 1 is 1.29 bits per heavy atom. The third-order valence-electron chi connectivity index (χ3n) is 2.58. The van der Waals surface area contributed by atoms with Gasteiger partial charge in [0.2, 0.25) is 0 Å². The molecule has 1 heterocycles. The summed E-state index contributed by atoms with van der Waals surface area (Å²) in [5, 5.41) is 0. The van der Waals surface area contributed by atoms with Crippen LogP contribution in [0.25, 0.3) is 0 Å². The largest absolute Gasteiger partial charge is 0.364 e. The van der Waals surface area contributed by atoms with Gasteiger partial charge in [-0.2, -0.15) is 0 Å². The summed E-state index contributed by atoms with van der Waals surface area (Å²) in [5.74, 6) is -2.32. The number of hydrogen-bond acceptors (Lipinski definition) is 1. The number of H-pyrrole nitrogens is 1. The molecular weight excluding hydrogens is 224 g/mol. The molecule has 0 unspecified atom stereocenters. The number of halogens is 2. The number of carbonyl (C=O) groups is 1. The van der Waals surface area contributed by atoms with Crippen molar-refractivity contribution >= 4 is 5.78 Å². The highest BCUT2D eigenvalue weighted by Crippen LogP contribution is 2.17. The van der Waals surface area contributed by atoms with Crippen molar-refractivity contribution in [2.45, 2.75) is 13.3 Å². The summed E-state index contributed by atoms with van der Waals surface area (Å²) in [6, 6.07) is 4.98. The maximum atomic E-state index is 13.4. The van der Waals surface area contributed by atoms with Gasteiger partial charge in [-0.25, -0.2) is 8.78 Å². The number of hydrogen-bond donors (Lipinski definition) is 1. The standard InChI is InChI=1S/C13H11F2NO/c1-2-9-6-8(7-16-9)13(17)12-10(14)4-3-5-11(12)15/h3-7,16H,2H2,1H3. The van der Waals surface area contributed by atoms with E-state index < -0.39 is 23.0 Å². The summed E-state index contributed by atoms with van der Waals surface area (Å²) in [4.78, 5) is 14.8. The second-order valence-corrected chi connectivity index (χ2v) is 3.69. The Labute approximate surface area is 97.3 Å². The number of ketones is 1. The molecule has 0 aliphatic carbocycles. The van der Waals surface area contributed by atoms with Crippen LogP contribution >= 0.6 is 0 Å². The maximum absolute atomic E-state index is 13.4. The van der Waals surface area contributed by atoms with Crippen molar-refractivity contribution in [3.63, 3.8) is 0 Å². The second-order valence-electron chi connectivity index (χ2n) is 3.69. The first-order chi connectivity index (χ1) is 8.13. The highest BCUT2D eigenvalue weighted by molar-refractivity contribution is 6.09. The molecule has 0 bridgehead atoms. The lowest BCUT2D eigenvalue weighted by molar-refractivity contribution is 0.103. The quantitative estimate of drug-likeness (QED) is 0.815. The number of carbonyl (C=O) groups excluding carboxylic acids is 1. The Balaban J connectivity index is 2.43. The van der Waals surface area contributed by atoms with E-state index >= 15 is 0 Å². The van der Waals surface area contributed by atoms with Gasteiger partial charge in [-0.1, -0.05) is 13.0 Å². The van der Waals surface area contributed by atoms with Crippen LogP contribution in [0.2, 0.25) is 0 Å². The molecule has 0 aliphatic heterocycles. The predicted octanol–water partition coefficient (Wildman–Crippen LogP) is 3.09. The summed E-state index contributed by atoms with van der Waals surface area (Å²) in [6.07, 6.45) is 2.19. The zero-order valence-electron chi connectivity index (χ0n) is 9.26. The topological polar surface area (TPSA) is 32.9 Å². The molecule has 0 aliphatic rings. The number of aromatic nitrogens is 1. The van der Waals surface area contributed by atoms with Crippen molar-refractivity contribution in [3.8, 4) is 0 Å². The average Bonchev–Trinajstić information content (AvgIpc) is 2.77. The molecule has 0 amide bonds. The van der Waals surface area contributed by atoms with Gasteiger partial charge in [-0.15, -0.1) is 0 Å². The summed E-state index contributed by atoms with van der Waals surface area (Å²) < 4.78 is 26.8. The van der Waals surface area contributed by atoms with Gasteiger partial charge in [-0.05, 0) is 24.6 Å². The zero-order chi connectivity index (χ0) is 12.4. The number of rotatable bonds is 3. The molecule has 1 N–H and O–H groups in total. The Morgan fingerprint density at radius 3 is 2.47 bits per heavy atom. The van der Waals surface area contributed by atoms with Crippen LogP contribution in [0.3, 0.4) is 0 Å². The van der Waals surface area contributed by atoms with Gasteiger partial charge < -0.3 is 4.98 Å². The second kappa shape index (κ2) is 4.49. The van der Waals surface area contributed by atoms with Crippen molar-refractivity contribution < 1.29 is 13.6 Å². The third kappa shape index (κ3) is 2.11. The molecular formula is C13H11F2NO. The molecule has 0 fully saturated rings. The summed E-state index contributed by atoms with van der Waals surface area (Å²) in [5.41, 5.74) is 0.616. The molecule has 2 rings (SSSR count). The van der Waals surface area contributed by atoms with Gasteiger partial charge in [0.1, 0.15) is 11.6 Å². The van der Waals surface area contributed by atoms with E-state index in [0.717, 1.165) is 24.2 Å². The maximum Gasteiger partial charge on any atom is 0.200 e. The molecule has 0 saturated carbocycles. The molecule has 1 aromatic carbocycles. The molecule has 0 atom stereocenters. The first-order valence-corrected chi connectivity index (χ1v) is 5.29. The van der Waals surface area contributed by atoms with E-state index in [1.807, 2.05) is 6.92 Å². The lowest BCUT2D eigenvalue weighted by atomic mass is 10.0. The van der Waals surface area contributed by atoms with Crippen molar-refractivity contribution in [1.82, 2.24) is 4.98 Å². The number of aromatic amines is 1. The minimum absolute atomic E-state index is 0.269. The van der Waals surface area contributed by atoms with Crippen molar-refractivity contribution in [3.05, 3.63) is 58.9 Å². The van der Waals surface area contributed by atoms with Gasteiger partial charge in [-0.3, -0.25) is 4.79 Å². The SMILES string of the molecule is CCc1cc(C(=O)c2c(F)cccc2F)c[nH]1. The average molecular weight is 235 g/mol. The fourth-order valence-electron chi connectivity index (χ4n) is 1.64. The van der Waals surface area contributed by atoms with Crippen molar-refractivity contribution in [1.29, 1.82) is 0 Å². The Morgan fingerprint density at radius 2 is 1.94 bits per heavy atom. The predicted molar refractivity (Wildman–Crippen MR) is 60.0 cm³/mol. The van der Waals surface area contributed by atoms with Crippen LogP contribution in [0.1, 0.15) is 28.5 Å².